The van der Waals surface area contributed by atoms with Gasteiger partial charge in [-0.3, -0.25) is 9.69 Å². The Balaban J connectivity index is 1.93. The molecule has 4 rings (SSSR count). The lowest BCUT2D eigenvalue weighted by atomic mass is 10.1. The van der Waals surface area contributed by atoms with Crippen molar-refractivity contribution in [2.24, 2.45) is 0 Å². The summed E-state index contributed by atoms with van der Waals surface area (Å²) in [5, 5.41) is 8.99. The Hall–Kier alpha value is -3.33. The maximum atomic E-state index is 12.8. The Morgan fingerprint density at radius 1 is 1.19 bits per heavy atom. The van der Waals surface area contributed by atoms with Crippen LogP contribution in [0.2, 0.25) is 0 Å². The highest BCUT2D eigenvalue weighted by molar-refractivity contribution is 7.98. The van der Waals surface area contributed by atoms with Crippen LogP contribution >= 0.6 is 11.8 Å². The molecule has 0 saturated heterocycles. The molecular weight excluding hydrogens is 416 g/mol. The number of hydrogen-bond donors (Lipinski definition) is 0. The fourth-order valence-corrected chi connectivity index (χ4v) is 3.77. The number of carbonyl (C=O) groups excluding carboxylic acids is 1. The van der Waals surface area contributed by atoms with Crippen LogP contribution in [0.15, 0.2) is 47.6 Å². The van der Waals surface area contributed by atoms with Crippen LogP contribution < -0.4 is 19.1 Å². The number of aromatic nitrogens is 3. The topological polar surface area (TPSA) is 86.7 Å². The molecule has 31 heavy (non-hydrogen) atoms. The predicted molar refractivity (Wildman–Crippen MR) is 118 cm³/mol. The van der Waals surface area contributed by atoms with Crippen molar-refractivity contribution in [3.05, 3.63) is 48.0 Å². The van der Waals surface area contributed by atoms with Crippen LogP contribution in [0.25, 0.3) is 11.3 Å². The molecule has 0 aliphatic carbocycles. The van der Waals surface area contributed by atoms with Gasteiger partial charge in [-0.05, 0) is 37.4 Å². The molecule has 2 heterocycles. The molecule has 3 aromatic rings. The van der Waals surface area contributed by atoms with Crippen molar-refractivity contribution in [2.45, 2.75) is 25.2 Å². The standard InChI is InChI=1S/C22H22N4O4S/c1-5-29-18-12-14(10-11-17(18)28-3)21-26(13(2)27)16-9-7-6-8-15(16)19-20(30-21)23-22(31-4)25-24-19/h6-12,21H,5H2,1-4H3/t21-/m1/s1. The molecule has 0 unspecified atom stereocenters. The van der Waals surface area contributed by atoms with E-state index in [1.165, 1.54) is 18.7 Å². The minimum Gasteiger partial charge on any atom is -0.493 e. The molecule has 0 fully saturated rings. The molecule has 1 aliphatic rings. The largest absolute Gasteiger partial charge is 0.493 e. The first-order chi connectivity index (χ1) is 15.1. The Labute approximate surface area is 184 Å². The van der Waals surface area contributed by atoms with E-state index in [0.717, 1.165) is 5.56 Å². The number of anilines is 1. The molecule has 1 aromatic heterocycles. The molecule has 0 spiro atoms. The van der Waals surface area contributed by atoms with Gasteiger partial charge >= 0.3 is 0 Å². The van der Waals surface area contributed by atoms with E-state index >= 15 is 0 Å². The first-order valence-corrected chi connectivity index (χ1v) is 10.9. The monoisotopic (exact) mass is 438 g/mol. The van der Waals surface area contributed by atoms with Gasteiger partial charge in [0.1, 0.15) is 0 Å². The zero-order valence-electron chi connectivity index (χ0n) is 17.7. The van der Waals surface area contributed by atoms with Crippen molar-refractivity contribution in [2.75, 3.05) is 24.9 Å². The van der Waals surface area contributed by atoms with Crippen LogP contribution in [0.4, 0.5) is 5.69 Å². The van der Waals surface area contributed by atoms with Gasteiger partial charge < -0.3 is 14.2 Å². The maximum Gasteiger partial charge on any atom is 0.247 e. The molecule has 1 aliphatic heterocycles. The number of carbonyl (C=O) groups is 1. The summed E-state index contributed by atoms with van der Waals surface area (Å²) in [5.41, 5.74) is 2.59. The van der Waals surface area contributed by atoms with E-state index < -0.39 is 6.23 Å². The fraction of sp³-hybridized carbons (Fsp3) is 0.273. The number of nitrogens with zero attached hydrogens (tertiary/aromatic N) is 4. The molecule has 0 saturated carbocycles. The molecule has 0 bridgehead atoms. The summed E-state index contributed by atoms with van der Waals surface area (Å²) in [5.74, 6) is 1.30. The number of thioether (sulfide) groups is 1. The zero-order chi connectivity index (χ0) is 22.0. The third-order valence-corrected chi connectivity index (χ3v) is 5.34. The van der Waals surface area contributed by atoms with E-state index in [-0.39, 0.29) is 5.91 Å². The number of amides is 1. The lowest BCUT2D eigenvalue weighted by Crippen LogP contribution is -2.36. The quantitative estimate of drug-likeness (QED) is 0.550. The highest BCUT2D eigenvalue weighted by Gasteiger charge is 2.35. The van der Waals surface area contributed by atoms with E-state index in [1.54, 1.807) is 18.1 Å². The van der Waals surface area contributed by atoms with Crippen molar-refractivity contribution in [3.8, 4) is 28.6 Å². The maximum absolute atomic E-state index is 12.8. The average molecular weight is 439 g/mol. The highest BCUT2D eigenvalue weighted by atomic mass is 32.2. The third-order valence-electron chi connectivity index (χ3n) is 4.81. The van der Waals surface area contributed by atoms with Gasteiger partial charge in [-0.1, -0.05) is 30.0 Å². The Morgan fingerprint density at radius 2 is 2.00 bits per heavy atom. The Kier molecular flexibility index (Phi) is 5.94. The summed E-state index contributed by atoms with van der Waals surface area (Å²) in [6.45, 7) is 3.87. The summed E-state index contributed by atoms with van der Waals surface area (Å²) in [7, 11) is 1.58. The van der Waals surface area contributed by atoms with Crippen molar-refractivity contribution in [1.29, 1.82) is 0 Å². The zero-order valence-corrected chi connectivity index (χ0v) is 18.5. The van der Waals surface area contributed by atoms with Crippen molar-refractivity contribution in [1.82, 2.24) is 15.2 Å². The van der Waals surface area contributed by atoms with Crippen LogP contribution in [0, 0.1) is 0 Å². The van der Waals surface area contributed by atoms with E-state index in [2.05, 4.69) is 15.2 Å². The lowest BCUT2D eigenvalue weighted by Gasteiger charge is -2.30. The predicted octanol–water partition coefficient (Wildman–Crippen LogP) is 4.11. The van der Waals surface area contributed by atoms with Gasteiger partial charge in [-0.15, -0.1) is 10.2 Å². The fourth-order valence-electron chi connectivity index (χ4n) is 3.47. The number of methoxy groups -OCH3 is 1. The molecule has 0 N–H and O–H groups in total. The molecule has 1 amide bonds. The van der Waals surface area contributed by atoms with Crippen LogP contribution in [0.5, 0.6) is 17.4 Å². The van der Waals surface area contributed by atoms with Crippen LogP contribution in [-0.2, 0) is 4.79 Å². The van der Waals surface area contributed by atoms with Gasteiger partial charge in [-0.25, -0.2) is 0 Å². The van der Waals surface area contributed by atoms with E-state index in [1.807, 2.05) is 49.6 Å². The van der Waals surface area contributed by atoms with Gasteiger partial charge in [0, 0.05) is 18.1 Å². The molecular formula is C22H22N4O4S. The normalized spacial score (nSPS) is 14.7. The van der Waals surface area contributed by atoms with Gasteiger partial charge in [-0.2, -0.15) is 4.98 Å². The van der Waals surface area contributed by atoms with Crippen LogP contribution in [-0.4, -0.2) is 41.1 Å². The summed E-state index contributed by atoms with van der Waals surface area (Å²) in [6, 6.07) is 13.0. The second-order valence-electron chi connectivity index (χ2n) is 6.67. The number of rotatable bonds is 5. The highest BCUT2D eigenvalue weighted by Crippen LogP contribution is 2.44. The van der Waals surface area contributed by atoms with Gasteiger partial charge in [0.25, 0.3) is 0 Å². The molecule has 8 nitrogen and oxygen atoms in total. The SMILES string of the molecule is CCOc1cc([C@H]2Oc3nc(SC)nnc3-c3ccccc3N2C(C)=O)ccc1OC. The summed E-state index contributed by atoms with van der Waals surface area (Å²) < 4.78 is 17.5. The van der Waals surface area contributed by atoms with Crippen LogP contribution in [0.1, 0.15) is 25.6 Å². The molecule has 160 valence electrons. The third kappa shape index (κ3) is 3.88. The van der Waals surface area contributed by atoms with E-state index in [9.17, 15) is 4.79 Å². The van der Waals surface area contributed by atoms with Crippen molar-refractivity contribution < 1.29 is 19.0 Å². The second-order valence-corrected chi connectivity index (χ2v) is 7.45. The van der Waals surface area contributed by atoms with Crippen molar-refractivity contribution in [3.63, 3.8) is 0 Å². The van der Waals surface area contributed by atoms with Crippen molar-refractivity contribution >= 4 is 23.4 Å². The number of hydrogen-bond acceptors (Lipinski definition) is 8. The van der Waals surface area contributed by atoms with Gasteiger partial charge in [0.15, 0.2) is 17.2 Å². The first-order valence-electron chi connectivity index (χ1n) is 9.72. The number of para-hydroxylation sites is 1. The summed E-state index contributed by atoms with van der Waals surface area (Å²) in [4.78, 5) is 19.0. The van der Waals surface area contributed by atoms with Gasteiger partial charge in [0.2, 0.25) is 23.2 Å². The average Bonchev–Trinajstić information content (AvgIpc) is 2.93. The second kappa shape index (κ2) is 8.81. The Bertz CT molecular complexity index is 1120. The summed E-state index contributed by atoms with van der Waals surface area (Å²) >= 11 is 1.37. The number of fused-ring (bicyclic) bond motifs is 3. The minimum atomic E-state index is -0.781. The van der Waals surface area contributed by atoms with E-state index in [4.69, 9.17) is 14.2 Å². The molecule has 9 heteroatoms. The summed E-state index contributed by atoms with van der Waals surface area (Å²) in [6.07, 6.45) is 1.09. The molecule has 2 aromatic carbocycles. The smallest absolute Gasteiger partial charge is 0.247 e. The van der Waals surface area contributed by atoms with Gasteiger partial charge in [0.05, 0.1) is 19.4 Å². The van der Waals surface area contributed by atoms with Crippen LogP contribution in [0.3, 0.4) is 0 Å². The number of benzene rings is 2. The number of ether oxygens (including phenoxy) is 3. The Morgan fingerprint density at radius 3 is 2.71 bits per heavy atom. The molecule has 1 atom stereocenters. The van der Waals surface area contributed by atoms with E-state index in [0.29, 0.717) is 46.1 Å². The minimum absolute atomic E-state index is 0.183. The molecule has 0 radical (unpaired) electrons. The first kappa shape index (κ1) is 20.9. The lowest BCUT2D eigenvalue weighted by molar-refractivity contribution is -0.118.